The third-order valence-electron chi connectivity index (χ3n) is 4.49. The number of aromatic nitrogens is 2. The smallest absolute Gasteiger partial charge is 0.291 e. The Hall–Kier alpha value is -3.67. The van der Waals surface area contributed by atoms with Gasteiger partial charge in [-0.2, -0.15) is 5.10 Å². The van der Waals surface area contributed by atoms with Gasteiger partial charge in [0.1, 0.15) is 11.6 Å². The van der Waals surface area contributed by atoms with E-state index < -0.39 is 0 Å². The quantitative estimate of drug-likeness (QED) is 0.537. The molecule has 0 saturated heterocycles. The van der Waals surface area contributed by atoms with Crippen LogP contribution in [0.15, 0.2) is 71.1 Å². The molecule has 2 heterocycles. The number of aryl methyl sites for hydroxylation is 1. The number of carbonyl (C=O) groups is 1. The second-order valence-corrected chi connectivity index (χ2v) is 6.42. The van der Waals surface area contributed by atoms with Gasteiger partial charge in [0.2, 0.25) is 0 Å². The van der Waals surface area contributed by atoms with Gasteiger partial charge < -0.3 is 9.73 Å². The highest BCUT2D eigenvalue weighted by atomic mass is 19.1. The maximum atomic E-state index is 13.1. The molecule has 0 radical (unpaired) electrons. The van der Waals surface area contributed by atoms with Crippen LogP contribution in [-0.2, 0) is 0 Å². The van der Waals surface area contributed by atoms with E-state index in [4.69, 9.17) is 4.42 Å². The Balaban J connectivity index is 1.58. The van der Waals surface area contributed by atoms with Crippen molar-refractivity contribution >= 4 is 11.6 Å². The van der Waals surface area contributed by atoms with Crippen molar-refractivity contribution in [2.45, 2.75) is 13.8 Å². The third kappa shape index (κ3) is 3.32. The van der Waals surface area contributed by atoms with Crippen molar-refractivity contribution in [2.75, 3.05) is 5.32 Å². The minimum absolute atomic E-state index is 0.172. The lowest BCUT2D eigenvalue weighted by Crippen LogP contribution is -2.12. The predicted octanol–water partition coefficient (Wildman–Crippen LogP) is 5.14. The number of amides is 1. The van der Waals surface area contributed by atoms with Crippen molar-refractivity contribution in [1.29, 1.82) is 0 Å². The molecule has 5 nitrogen and oxygen atoms in total. The van der Waals surface area contributed by atoms with Crippen LogP contribution >= 0.6 is 0 Å². The van der Waals surface area contributed by atoms with Crippen LogP contribution in [0.1, 0.15) is 21.9 Å². The van der Waals surface area contributed by atoms with E-state index >= 15 is 0 Å². The predicted molar refractivity (Wildman–Crippen MR) is 105 cm³/mol. The maximum Gasteiger partial charge on any atom is 0.291 e. The van der Waals surface area contributed by atoms with Gasteiger partial charge in [-0.1, -0.05) is 18.2 Å². The highest BCUT2D eigenvalue weighted by Gasteiger charge is 2.18. The molecule has 0 aliphatic heterocycles. The largest absolute Gasteiger partial charge is 0.451 e. The van der Waals surface area contributed by atoms with Gasteiger partial charge in [0.15, 0.2) is 5.76 Å². The first-order valence-corrected chi connectivity index (χ1v) is 8.81. The fraction of sp³-hybridized carbons (Fsp3) is 0.0909. The lowest BCUT2D eigenvalue weighted by atomic mass is 10.2. The molecule has 0 aliphatic rings. The first kappa shape index (κ1) is 17.7. The zero-order valence-electron chi connectivity index (χ0n) is 15.4. The molecule has 1 N–H and O–H groups in total. The molecular formula is C22H18FN3O2. The number of nitrogens with zero attached hydrogens (tertiary/aromatic N) is 2. The number of rotatable bonds is 4. The molecule has 0 saturated carbocycles. The Morgan fingerprint density at radius 2 is 1.71 bits per heavy atom. The molecule has 4 aromatic rings. The summed E-state index contributed by atoms with van der Waals surface area (Å²) in [6.45, 7) is 3.74. The van der Waals surface area contributed by atoms with Crippen LogP contribution in [0.3, 0.4) is 0 Å². The summed E-state index contributed by atoms with van der Waals surface area (Å²) in [5.74, 6) is -0.0222. The van der Waals surface area contributed by atoms with Crippen molar-refractivity contribution in [1.82, 2.24) is 9.78 Å². The zero-order chi connectivity index (χ0) is 19.7. The number of carbonyl (C=O) groups excluding carboxylic acids is 1. The Morgan fingerprint density at radius 1 is 1.00 bits per heavy atom. The van der Waals surface area contributed by atoms with Crippen LogP contribution in [0.5, 0.6) is 0 Å². The summed E-state index contributed by atoms with van der Waals surface area (Å²) in [5.41, 5.74) is 3.79. The van der Waals surface area contributed by atoms with Crippen LogP contribution in [-0.4, -0.2) is 15.7 Å². The van der Waals surface area contributed by atoms with Gasteiger partial charge in [-0.25, -0.2) is 9.07 Å². The van der Waals surface area contributed by atoms with E-state index in [9.17, 15) is 9.18 Å². The van der Waals surface area contributed by atoms with Crippen molar-refractivity contribution in [3.05, 3.63) is 89.7 Å². The molecule has 28 heavy (non-hydrogen) atoms. The van der Waals surface area contributed by atoms with E-state index in [0.29, 0.717) is 22.7 Å². The molecule has 2 aromatic heterocycles. The molecule has 140 valence electrons. The van der Waals surface area contributed by atoms with E-state index in [1.165, 1.54) is 12.1 Å². The van der Waals surface area contributed by atoms with Crippen molar-refractivity contribution in [2.24, 2.45) is 0 Å². The van der Waals surface area contributed by atoms with Gasteiger partial charge in [-0.05, 0) is 62.4 Å². The zero-order valence-corrected chi connectivity index (χ0v) is 15.4. The topological polar surface area (TPSA) is 60.1 Å². The number of hydrogen-bond donors (Lipinski definition) is 1. The third-order valence-corrected chi connectivity index (χ3v) is 4.49. The molecule has 0 unspecified atom stereocenters. The molecule has 0 atom stereocenters. The first-order valence-electron chi connectivity index (χ1n) is 8.81. The second-order valence-electron chi connectivity index (χ2n) is 6.42. The SMILES string of the molecule is Cc1nn(-c2ccccc2)c(C)c1NC(=O)c1ccc(-c2ccc(F)cc2)o1. The van der Waals surface area contributed by atoms with E-state index in [1.807, 2.05) is 44.2 Å². The Bertz CT molecular complexity index is 1130. The Morgan fingerprint density at radius 3 is 2.43 bits per heavy atom. The van der Waals surface area contributed by atoms with E-state index in [-0.39, 0.29) is 17.5 Å². The lowest BCUT2D eigenvalue weighted by molar-refractivity contribution is 0.0997. The van der Waals surface area contributed by atoms with Crippen LogP contribution < -0.4 is 5.32 Å². The number of hydrogen-bond acceptors (Lipinski definition) is 3. The van der Waals surface area contributed by atoms with Gasteiger partial charge in [0.05, 0.1) is 22.8 Å². The van der Waals surface area contributed by atoms with Crippen molar-refractivity contribution in [3.63, 3.8) is 0 Å². The van der Waals surface area contributed by atoms with Crippen LogP contribution in [0.2, 0.25) is 0 Å². The number of nitrogens with one attached hydrogen (secondary N) is 1. The standard InChI is InChI=1S/C22H18FN3O2/c1-14-21(15(2)26(25-14)18-6-4-3-5-7-18)24-22(27)20-13-12-19(28-20)16-8-10-17(23)11-9-16/h3-13H,1-2H3,(H,24,27). The number of halogens is 1. The monoisotopic (exact) mass is 375 g/mol. The van der Waals surface area contributed by atoms with Crippen LogP contribution in [0, 0.1) is 19.7 Å². The molecule has 1 amide bonds. The molecule has 0 bridgehead atoms. The van der Waals surface area contributed by atoms with E-state index in [1.54, 1.807) is 28.9 Å². The van der Waals surface area contributed by atoms with E-state index in [0.717, 1.165) is 11.4 Å². The first-order chi connectivity index (χ1) is 13.5. The molecule has 2 aromatic carbocycles. The van der Waals surface area contributed by atoms with Crippen LogP contribution in [0.4, 0.5) is 10.1 Å². The summed E-state index contributed by atoms with van der Waals surface area (Å²) in [5, 5.41) is 7.41. The van der Waals surface area contributed by atoms with E-state index in [2.05, 4.69) is 10.4 Å². The fourth-order valence-electron chi connectivity index (χ4n) is 3.05. The average Bonchev–Trinajstić information content (AvgIpc) is 3.30. The second kappa shape index (κ2) is 7.15. The average molecular weight is 375 g/mol. The summed E-state index contributed by atoms with van der Waals surface area (Å²) in [4.78, 5) is 12.7. The Labute approximate surface area is 161 Å². The molecule has 0 fully saturated rings. The summed E-state index contributed by atoms with van der Waals surface area (Å²) in [6, 6.07) is 18.9. The number of para-hydroxylation sites is 1. The van der Waals surface area contributed by atoms with Crippen molar-refractivity contribution < 1.29 is 13.6 Å². The summed E-state index contributed by atoms with van der Waals surface area (Å²) in [6.07, 6.45) is 0. The van der Waals surface area contributed by atoms with Crippen LogP contribution in [0.25, 0.3) is 17.0 Å². The minimum Gasteiger partial charge on any atom is -0.451 e. The van der Waals surface area contributed by atoms with Crippen molar-refractivity contribution in [3.8, 4) is 17.0 Å². The summed E-state index contributed by atoms with van der Waals surface area (Å²) >= 11 is 0. The lowest BCUT2D eigenvalue weighted by Gasteiger charge is -2.06. The summed E-state index contributed by atoms with van der Waals surface area (Å²) < 4.78 is 20.5. The van der Waals surface area contributed by atoms with Gasteiger partial charge in [0.25, 0.3) is 5.91 Å². The Kier molecular flexibility index (Phi) is 4.53. The molecular weight excluding hydrogens is 357 g/mol. The van der Waals surface area contributed by atoms with Gasteiger partial charge >= 0.3 is 0 Å². The normalized spacial score (nSPS) is 10.8. The van der Waals surface area contributed by atoms with Gasteiger partial charge in [0, 0.05) is 5.56 Å². The fourth-order valence-corrected chi connectivity index (χ4v) is 3.05. The maximum absolute atomic E-state index is 13.1. The highest BCUT2D eigenvalue weighted by Crippen LogP contribution is 2.26. The van der Waals surface area contributed by atoms with Gasteiger partial charge in [-0.3, -0.25) is 4.79 Å². The molecule has 0 spiro atoms. The molecule has 6 heteroatoms. The molecule has 4 rings (SSSR count). The van der Waals surface area contributed by atoms with Gasteiger partial charge in [-0.15, -0.1) is 0 Å². The number of benzene rings is 2. The summed E-state index contributed by atoms with van der Waals surface area (Å²) in [7, 11) is 0. The minimum atomic E-state index is -0.368. The highest BCUT2D eigenvalue weighted by molar-refractivity contribution is 6.03. The number of furan rings is 1. The molecule has 0 aliphatic carbocycles. The number of anilines is 1.